The Bertz CT molecular complexity index is 772. The molecule has 0 spiro atoms. The van der Waals surface area contributed by atoms with Crippen LogP contribution in [0.2, 0.25) is 0 Å². The lowest BCUT2D eigenvalue weighted by atomic mass is 9.93. The van der Waals surface area contributed by atoms with Gasteiger partial charge in [0.2, 0.25) is 0 Å². The first-order valence-electron chi connectivity index (χ1n) is 10.1. The third kappa shape index (κ3) is 3.49. The number of rotatable bonds is 5. The summed E-state index contributed by atoms with van der Waals surface area (Å²) in [5.41, 5.74) is 2.55. The molecule has 2 aromatic rings. The van der Waals surface area contributed by atoms with E-state index in [0.717, 1.165) is 41.7 Å². The minimum absolute atomic E-state index is 0.136. The molecule has 5 heteroatoms. The Labute approximate surface area is 156 Å². The molecular formula is C21H32N4O. The van der Waals surface area contributed by atoms with Crippen LogP contribution in [-0.4, -0.2) is 38.2 Å². The maximum atomic E-state index is 13.5. The zero-order valence-electron chi connectivity index (χ0n) is 16.8. The second kappa shape index (κ2) is 7.77. The van der Waals surface area contributed by atoms with Gasteiger partial charge in [0.1, 0.15) is 0 Å². The number of carbonyl (C=O) groups excluding carboxylic acids is 1. The predicted molar refractivity (Wildman–Crippen MR) is 106 cm³/mol. The van der Waals surface area contributed by atoms with Crippen molar-refractivity contribution < 1.29 is 4.79 Å². The van der Waals surface area contributed by atoms with Crippen LogP contribution in [0, 0.1) is 0 Å². The van der Waals surface area contributed by atoms with Crippen molar-refractivity contribution in [3.8, 4) is 0 Å². The molecule has 0 saturated heterocycles. The van der Waals surface area contributed by atoms with Gasteiger partial charge in [-0.1, -0.05) is 33.1 Å². The summed E-state index contributed by atoms with van der Waals surface area (Å²) in [4.78, 5) is 20.4. The SMILES string of the molecule is CCN(C(=O)c1cc(C(C)C)nc2c1cnn2C(C)C)C1CCCCC1. The van der Waals surface area contributed by atoms with E-state index in [1.165, 1.54) is 19.3 Å². The lowest BCUT2D eigenvalue weighted by molar-refractivity contribution is 0.0650. The second-order valence-corrected chi connectivity index (χ2v) is 8.05. The molecular weight excluding hydrogens is 324 g/mol. The average molecular weight is 357 g/mol. The smallest absolute Gasteiger partial charge is 0.254 e. The molecule has 2 aromatic heterocycles. The highest BCUT2D eigenvalue weighted by Crippen LogP contribution is 2.28. The van der Waals surface area contributed by atoms with Gasteiger partial charge in [-0.2, -0.15) is 5.10 Å². The molecule has 0 atom stereocenters. The third-order valence-corrected chi connectivity index (χ3v) is 5.51. The highest BCUT2D eigenvalue weighted by atomic mass is 16.2. The van der Waals surface area contributed by atoms with Crippen LogP contribution >= 0.6 is 0 Å². The van der Waals surface area contributed by atoms with Gasteiger partial charge < -0.3 is 4.90 Å². The van der Waals surface area contributed by atoms with E-state index in [4.69, 9.17) is 4.98 Å². The molecule has 0 aliphatic heterocycles. The van der Waals surface area contributed by atoms with E-state index in [0.29, 0.717) is 6.04 Å². The molecule has 1 saturated carbocycles. The fourth-order valence-corrected chi connectivity index (χ4v) is 4.00. The summed E-state index contributed by atoms with van der Waals surface area (Å²) in [6.07, 6.45) is 7.80. The maximum absolute atomic E-state index is 13.5. The molecule has 142 valence electrons. The van der Waals surface area contributed by atoms with Crippen LogP contribution in [0.4, 0.5) is 0 Å². The maximum Gasteiger partial charge on any atom is 0.254 e. The number of pyridine rings is 1. The standard InChI is InChI=1S/C21H32N4O/c1-6-24(16-10-8-7-9-11-16)21(26)17-12-19(14(2)3)23-20-18(17)13-22-25(20)15(4)5/h12-16H,6-11H2,1-5H3. The van der Waals surface area contributed by atoms with Crippen molar-refractivity contribution in [3.63, 3.8) is 0 Å². The van der Waals surface area contributed by atoms with Gasteiger partial charge in [0.25, 0.3) is 5.91 Å². The predicted octanol–water partition coefficient (Wildman–Crippen LogP) is 4.93. The van der Waals surface area contributed by atoms with E-state index in [9.17, 15) is 4.79 Å². The molecule has 5 nitrogen and oxygen atoms in total. The highest BCUT2D eigenvalue weighted by molar-refractivity contribution is 6.05. The van der Waals surface area contributed by atoms with Gasteiger partial charge in [0.05, 0.1) is 17.1 Å². The van der Waals surface area contributed by atoms with Gasteiger partial charge in [0, 0.05) is 24.3 Å². The fourth-order valence-electron chi connectivity index (χ4n) is 4.00. The van der Waals surface area contributed by atoms with E-state index in [2.05, 4.69) is 44.6 Å². The zero-order chi connectivity index (χ0) is 18.8. The molecule has 0 N–H and O–H groups in total. The monoisotopic (exact) mass is 356 g/mol. The van der Waals surface area contributed by atoms with Crippen molar-refractivity contribution in [2.45, 2.75) is 84.7 Å². The first-order valence-corrected chi connectivity index (χ1v) is 10.1. The Balaban J connectivity index is 2.08. The zero-order valence-corrected chi connectivity index (χ0v) is 16.8. The lowest BCUT2D eigenvalue weighted by Crippen LogP contribution is -2.41. The molecule has 26 heavy (non-hydrogen) atoms. The van der Waals surface area contributed by atoms with E-state index >= 15 is 0 Å². The first kappa shape index (κ1) is 18.9. The van der Waals surface area contributed by atoms with Crippen LogP contribution in [0.25, 0.3) is 11.0 Å². The van der Waals surface area contributed by atoms with Gasteiger partial charge in [-0.15, -0.1) is 0 Å². The number of hydrogen-bond donors (Lipinski definition) is 0. The Morgan fingerprint density at radius 3 is 2.50 bits per heavy atom. The minimum atomic E-state index is 0.136. The van der Waals surface area contributed by atoms with Crippen LogP contribution < -0.4 is 0 Å². The van der Waals surface area contributed by atoms with E-state index in [1.807, 2.05) is 16.9 Å². The number of fused-ring (bicyclic) bond motifs is 1. The van der Waals surface area contributed by atoms with Crippen molar-refractivity contribution in [3.05, 3.63) is 23.5 Å². The molecule has 2 heterocycles. The van der Waals surface area contributed by atoms with Gasteiger partial charge >= 0.3 is 0 Å². The van der Waals surface area contributed by atoms with Crippen molar-refractivity contribution in [1.29, 1.82) is 0 Å². The normalized spacial score (nSPS) is 16.0. The van der Waals surface area contributed by atoms with Gasteiger partial charge in [-0.3, -0.25) is 4.79 Å². The molecule has 1 aliphatic rings. The molecule has 1 aliphatic carbocycles. The average Bonchev–Trinajstić information content (AvgIpc) is 3.06. The molecule has 0 radical (unpaired) electrons. The minimum Gasteiger partial charge on any atom is -0.336 e. The molecule has 0 aromatic carbocycles. The number of amides is 1. The first-order chi connectivity index (χ1) is 12.4. The van der Waals surface area contributed by atoms with Crippen LogP contribution in [-0.2, 0) is 0 Å². The molecule has 1 amide bonds. The third-order valence-electron chi connectivity index (χ3n) is 5.51. The fraction of sp³-hybridized carbons (Fsp3) is 0.667. The van der Waals surface area contributed by atoms with Crippen LogP contribution in [0.3, 0.4) is 0 Å². The number of nitrogens with zero attached hydrogens (tertiary/aromatic N) is 4. The van der Waals surface area contributed by atoms with Crippen molar-refractivity contribution in [1.82, 2.24) is 19.7 Å². The van der Waals surface area contributed by atoms with Crippen molar-refractivity contribution >= 4 is 16.9 Å². The number of carbonyl (C=O) groups is 1. The van der Waals surface area contributed by atoms with Gasteiger partial charge in [-0.25, -0.2) is 9.67 Å². The topological polar surface area (TPSA) is 51.0 Å². The quantitative estimate of drug-likeness (QED) is 0.763. The summed E-state index contributed by atoms with van der Waals surface area (Å²) < 4.78 is 1.93. The van der Waals surface area contributed by atoms with Crippen molar-refractivity contribution in [2.75, 3.05) is 6.54 Å². The van der Waals surface area contributed by atoms with Gasteiger partial charge in [-0.05, 0) is 45.6 Å². The molecule has 0 bridgehead atoms. The van der Waals surface area contributed by atoms with Crippen molar-refractivity contribution in [2.24, 2.45) is 0 Å². The van der Waals surface area contributed by atoms with Crippen LogP contribution in [0.1, 0.15) is 94.7 Å². The largest absolute Gasteiger partial charge is 0.336 e. The summed E-state index contributed by atoms with van der Waals surface area (Å²) in [5.74, 6) is 0.406. The Kier molecular flexibility index (Phi) is 5.64. The molecule has 3 rings (SSSR count). The van der Waals surface area contributed by atoms with Gasteiger partial charge in [0.15, 0.2) is 5.65 Å². The summed E-state index contributed by atoms with van der Waals surface area (Å²) in [7, 11) is 0. The lowest BCUT2D eigenvalue weighted by Gasteiger charge is -2.34. The summed E-state index contributed by atoms with van der Waals surface area (Å²) in [6.45, 7) is 11.3. The highest BCUT2D eigenvalue weighted by Gasteiger charge is 2.28. The van der Waals surface area contributed by atoms with E-state index < -0.39 is 0 Å². The summed E-state index contributed by atoms with van der Waals surface area (Å²) in [6, 6.07) is 2.57. The van der Waals surface area contributed by atoms with Crippen LogP contribution in [0.15, 0.2) is 12.3 Å². The molecule has 1 fully saturated rings. The van der Waals surface area contributed by atoms with E-state index in [-0.39, 0.29) is 17.9 Å². The Morgan fingerprint density at radius 1 is 1.23 bits per heavy atom. The second-order valence-electron chi connectivity index (χ2n) is 8.05. The Hall–Kier alpha value is -1.91. The van der Waals surface area contributed by atoms with E-state index in [1.54, 1.807) is 0 Å². The summed E-state index contributed by atoms with van der Waals surface area (Å²) >= 11 is 0. The molecule has 0 unspecified atom stereocenters. The Morgan fingerprint density at radius 2 is 1.92 bits per heavy atom. The number of aromatic nitrogens is 3. The summed E-state index contributed by atoms with van der Waals surface area (Å²) in [5, 5.41) is 5.40. The van der Waals surface area contributed by atoms with Crippen LogP contribution in [0.5, 0.6) is 0 Å². The number of hydrogen-bond acceptors (Lipinski definition) is 3.